The molecule has 0 saturated heterocycles. The number of nitrogens with two attached hydrogens (primary N) is 1. The van der Waals surface area contributed by atoms with Crippen LogP contribution in [0.4, 0.5) is 11.8 Å². The third-order valence-corrected chi connectivity index (χ3v) is 4.04. The van der Waals surface area contributed by atoms with Crippen LogP contribution in [0.1, 0.15) is 30.3 Å². The molecule has 3 aromatic rings. The zero-order valence-electron chi connectivity index (χ0n) is 15.0. The van der Waals surface area contributed by atoms with Crippen molar-refractivity contribution in [2.45, 2.75) is 27.2 Å². The van der Waals surface area contributed by atoms with E-state index in [1.165, 1.54) is 0 Å². The maximum Gasteiger partial charge on any atom is 0.222 e. The smallest absolute Gasteiger partial charge is 0.222 e. The number of hydrogen-bond donors (Lipinski definition) is 3. The predicted octanol–water partition coefficient (Wildman–Crippen LogP) is 2.82. The van der Waals surface area contributed by atoms with Crippen LogP contribution in [0.15, 0.2) is 18.5 Å². The molecule has 132 valence electrons. The Morgan fingerprint density at radius 1 is 1.27 bits per heavy atom. The Morgan fingerprint density at radius 2 is 2.00 bits per heavy atom. The SMILES string of the molecule is CCCNc1ncc(-c2cc(-c3c(C)n[nH]c3C)nc(N)c2C#N)cn1. The second-order valence-electron chi connectivity index (χ2n) is 5.96. The second-order valence-corrected chi connectivity index (χ2v) is 5.96. The summed E-state index contributed by atoms with van der Waals surface area (Å²) in [5, 5.41) is 19.8. The second kappa shape index (κ2) is 7.19. The minimum absolute atomic E-state index is 0.174. The van der Waals surface area contributed by atoms with Crippen LogP contribution < -0.4 is 11.1 Å². The predicted molar refractivity (Wildman–Crippen MR) is 100 cm³/mol. The van der Waals surface area contributed by atoms with Crippen molar-refractivity contribution in [1.82, 2.24) is 25.1 Å². The number of nitriles is 1. The lowest BCUT2D eigenvalue weighted by Gasteiger charge is -2.10. The molecule has 3 heterocycles. The average molecular weight is 348 g/mol. The molecule has 4 N–H and O–H groups in total. The quantitative estimate of drug-likeness (QED) is 0.646. The zero-order valence-corrected chi connectivity index (χ0v) is 15.0. The fraction of sp³-hybridized carbons (Fsp3) is 0.278. The van der Waals surface area contributed by atoms with Crippen LogP contribution in [-0.2, 0) is 0 Å². The molecule has 0 fully saturated rings. The molecular weight excluding hydrogens is 328 g/mol. The van der Waals surface area contributed by atoms with Crippen LogP contribution in [0, 0.1) is 25.2 Å². The van der Waals surface area contributed by atoms with Crippen molar-refractivity contribution < 1.29 is 0 Å². The Kier molecular flexibility index (Phi) is 4.80. The van der Waals surface area contributed by atoms with E-state index in [1.807, 2.05) is 19.9 Å². The van der Waals surface area contributed by atoms with Gasteiger partial charge in [-0.2, -0.15) is 10.4 Å². The molecule has 26 heavy (non-hydrogen) atoms. The number of aryl methyl sites for hydroxylation is 2. The highest BCUT2D eigenvalue weighted by Gasteiger charge is 2.17. The van der Waals surface area contributed by atoms with Gasteiger partial charge in [-0.25, -0.2) is 15.0 Å². The van der Waals surface area contributed by atoms with E-state index in [1.54, 1.807) is 12.4 Å². The van der Waals surface area contributed by atoms with E-state index >= 15 is 0 Å². The van der Waals surface area contributed by atoms with Gasteiger partial charge in [-0.05, 0) is 26.3 Å². The first kappa shape index (κ1) is 17.4. The Balaban J connectivity index is 2.10. The normalized spacial score (nSPS) is 10.5. The molecule has 0 aliphatic heterocycles. The van der Waals surface area contributed by atoms with Crippen molar-refractivity contribution in [2.24, 2.45) is 0 Å². The summed E-state index contributed by atoms with van der Waals surface area (Å²) < 4.78 is 0. The van der Waals surface area contributed by atoms with E-state index in [9.17, 15) is 5.26 Å². The van der Waals surface area contributed by atoms with Crippen molar-refractivity contribution in [1.29, 1.82) is 5.26 Å². The van der Waals surface area contributed by atoms with Gasteiger partial charge in [-0.15, -0.1) is 0 Å². The van der Waals surface area contributed by atoms with Gasteiger partial charge in [0, 0.05) is 41.3 Å². The minimum atomic E-state index is 0.174. The van der Waals surface area contributed by atoms with Crippen molar-refractivity contribution in [3.8, 4) is 28.5 Å². The number of hydrogen-bond acceptors (Lipinski definition) is 7. The molecule has 3 rings (SSSR count). The molecule has 0 saturated carbocycles. The van der Waals surface area contributed by atoms with E-state index in [0.29, 0.717) is 28.3 Å². The molecule has 0 spiro atoms. The van der Waals surface area contributed by atoms with Crippen molar-refractivity contribution in [3.63, 3.8) is 0 Å². The number of rotatable bonds is 5. The van der Waals surface area contributed by atoms with Crippen LogP contribution in [0.2, 0.25) is 0 Å². The van der Waals surface area contributed by atoms with E-state index in [2.05, 4.69) is 43.5 Å². The fourth-order valence-corrected chi connectivity index (χ4v) is 2.76. The molecule has 0 aromatic carbocycles. The summed E-state index contributed by atoms with van der Waals surface area (Å²) in [6.45, 7) is 6.68. The minimum Gasteiger partial charge on any atom is -0.383 e. The van der Waals surface area contributed by atoms with E-state index in [0.717, 1.165) is 29.9 Å². The maximum atomic E-state index is 9.52. The lowest BCUT2D eigenvalue weighted by Crippen LogP contribution is -2.04. The van der Waals surface area contributed by atoms with Gasteiger partial charge in [0.15, 0.2) is 0 Å². The highest BCUT2D eigenvalue weighted by Crippen LogP contribution is 2.32. The van der Waals surface area contributed by atoms with E-state index in [-0.39, 0.29) is 5.82 Å². The van der Waals surface area contributed by atoms with Gasteiger partial charge >= 0.3 is 0 Å². The summed E-state index contributed by atoms with van der Waals surface area (Å²) in [6.07, 6.45) is 4.34. The first-order valence-corrected chi connectivity index (χ1v) is 8.34. The molecule has 0 amide bonds. The Bertz CT molecular complexity index is 947. The molecule has 0 unspecified atom stereocenters. The van der Waals surface area contributed by atoms with Gasteiger partial charge in [-0.1, -0.05) is 6.92 Å². The number of aromatic nitrogens is 5. The van der Waals surface area contributed by atoms with Crippen molar-refractivity contribution in [3.05, 3.63) is 35.4 Å². The number of anilines is 2. The summed E-state index contributed by atoms with van der Waals surface area (Å²) >= 11 is 0. The number of nitrogen functional groups attached to an aromatic ring is 1. The van der Waals surface area contributed by atoms with Gasteiger partial charge in [-0.3, -0.25) is 5.10 Å². The maximum absolute atomic E-state index is 9.52. The summed E-state index contributed by atoms with van der Waals surface area (Å²) in [7, 11) is 0. The average Bonchev–Trinajstić information content (AvgIpc) is 2.98. The van der Waals surface area contributed by atoms with Crippen LogP contribution in [-0.4, -0.2) is 31.7 Å². The van der Waals surface area contributed by atoms with Gasteiger partial charge < -0.3 is 11.1 Å². The summed E-state index contributed by atoms with van der Waals surface area (Å²) in [4.78, 5) is 13.0. The number of H-pyrrole nitrogens is 1. The summed E-state index contributed by atoms with van der Waals surface area (Å²) in [5.41, 5.74) is 11.0. The third-order valence-electron chi connectivity index (χ3n) is 4.04. The standard InChI is InChI=1S/C18H20N8/c1-4-5-21-18-22-8-12(9-23-18)13-6-15(24-17(20)14(13)7-19)16-10(2)25-26-11(16)3/h6,8-9H,4-5H2,1-3H3,(H2,20,24)(H,25,26)(H,21,22,23). The molecule has 0 bridgehead atoms. The van der Waals surface area contributed by atoms with E-state index < -0.39 is 0 Å². The number of aromatic amines is 1. The van der Waals surface area contributed by atoms with Gasteiger partial charge in [0.25, 0.3) is 0 Å². The van der Waals surface area contributed by atoms with Gasteiger partial charge in [0.2, 0.25) is 5.95 Å². The van der Waals surface area contributed by atoms with Gasteiger partial charge in [0.05, 0.1) is 11.4 Å². The Morgan fingerprint density at radius 3 is 2.58 bits per heavy atom. The molecular formula is C18H20N8. The largest absolute Gasteiger partial charge is 0.383 e. The highest BCUT2D eigenvalue weighted by atomic mass is 15.1. The molecule has 8 heteroatoms. The van der Waals surface area contributed by atoms with Gasteiger partial charge in [0.1, 0.15) is 17.5 Å². The zero-order chi connectivity index (χ0) is 18.7. The molecule has 3 aromatic heterocycles. The molecule has 0 radical (unpaired) electrons. The molecule has 0 aliphatic carbocycles. The number of nitrogens with zero attached hydrogens (tertiary/aromatic N) is 5. The monoisotopic (exact) mass is 348 g/mol. The van der Waals surface area contributed by atoms with Crippen LogP contribution in [0.3, 0.4) is 0 Å². The molecule has 8 nitrogen and oxygen atoms in total. The van der Waals surface area contributed by atoms with Crippen LogP contribution in [0.5, 0.6) is 0 Å². The van der Waals surface area contributed by atoms with Crippen molar-refractivity contribution >= 4 is 11.8 Å². The highest BCUT2D eigenvalue weighted by molar-refractivity contribution is 5.80. The number of pyridine rings is 1. The summed E-state index contributed by atoms with van der Waals surface area (Å²) in [5.74, 6) is 0.728. The first-order chi connectivity index (χ1) is 12.5. The van der Waals surface area contributed by atoms with Crippen molar-refractivity contribution in [2.75, 3.05) is 17.6 Å². The molecule has 0 aliphatic rings. The lowest BCUT2D eigenvalue weighted by molar-refractivity contribution is 0.953. The third kappa shape index (κ3) is 3.19. The molecule has 0 atom stereocenters. The Hall–Kier alpha value is -3.47. The topological polar surface area (TPSA) is 129 Å². The van der Waals surface area contributed by atoms with Crippen LogP contribution in [0.25, 0.3) is 22.4 Å². The Labute approximate surface area is 151 Å². The number of nitrogens with one attached hydrogen (secondary N) is 2. The first-order valence-electron chi connectivity index (χ1n) is 8.34. The van der Waals surface area contributed by atoms with Crippen LogP contribution >= 0.6 is 0 Å². The fourth-order valence-electron chi connectivity index (χ4n) is 2.76. The summed E-state index contributed by atoms with van der Waals surface area (Å²) in [6, 6.07) is 3.96. The van der Waals surface area contributed by atoms with E-state index in [4.69, 9.17) is 5.73 Å². The lowest BCUT2D eigenvalue weighted by atomic mass is 10.00.